The second-order valence-electron chi connectivity index (χ2n) is 5.32. The maximum absolute atomic E-state index is 11.9. The molecule has 2 N–H and O–H groups in total. The standard InChI is InChI=1S/C14H15NO4/c16-12(17)8-19-10-3-1-9(2-4-10)15-13(18)11-7-14(11)5-6-14/h1-4,11H,5-8H2,(H,15,18)(H,16,17). The Morgan fingerprint density at radius 3 is 2.53 bits per heavy atom. The lowest BCUT2D eigenvalue weighted by Gasteiger charge is -2.06. The van der Waals surface area contributed by atoms with Crippen molar-refractivity contribution >= 4 is 17.6 Å². The van der Waals surface area contributed by atoms with Crippen molar-refractivity contribution in [1.82, 2.24) is 0 Å². The molecule has 1 unspecified atom stereocenters. The van der Waals surface area contributed by atoms with Crippen LogP contribution in [-0.4, -0.2) is 23.6 Å². The fraction of sp³-hybridized carbons (Fsp3) is 0.429. The summed E-state index contributed by atoms with van der Waals surface area (Å²) < 4.78 is 5.02. The van der Waals surface area contributed by atoms with Gasteiger partial charge in [-0.2, -0.15) is 0 Å². The summed E-state index contributed by atoms with van der Waals surface area (Å²) in [5.74, 6) is -0.251. The molecule has 0 heterocycles. The molecule has 0 saturated heterocycles. The van der Waals surface area contributed by atoms with Crippen molar-refractivity contribution in [1.29, 1.82) is 0 Å². The minimum atomic E-state index is -1.01. The van der Waals surface area contributed by atoms with E-state index in [1.54, 1.807) is 24.3 Å². The van der Waals surface area contributed by atoms with Gasteiger partial charge in [-0.1, -0.05) is 0 Å². The topological polar surface area (TPSA) is 75.6 Å². The van der Waals surface area contributed by atoms with E-state index in [-0.39, 0.29) is 18.4 Å². The molecule has 1 amide bonds. The molecule has 19 heavy (non-hydrogen) atoms. The molecule has 0 bridgehead atoms. The van der Waals surface area contributed by atoms with E-state index in [1.165, 1.54) is 12.8 Å². The molecule has 2 aliphatic carbocycles. The second-order valence-corrected chi connectivity index (χ2v) is 5.32. The molecular formula is C14H15NO4. The third-order valence-electron chi connectivity index (χ3n) is 3.88. The van der Waals surface area contributed by atoms with Crippen LogP contribution >= 0.6 is 0 Å². The van der Waals surface area contributed by atoms with Crippen LogP contribution in [0.15, 0.2) is 24.3 Å². The number of amides is 1. The van der Waals surface area contributed by atoms with E-state index in [0.717, 1.165) is 12.1 Å². The third-order valence-corrected chi connectivity index (χ3v) is 3.88. The number of carboxylic acids is 1. The van der Waals surface area contributed by atoms with Crippen LogP contribution in [0.2, 0.25) is 0 Å². The first kappa shape index (κ1) is 12.0. The number of carbonyl (C=O) groups is 2. The summed E-state index contributed by atoms with van der Waals surface area (Å²) in [6.45, 7) is -0.365. The number of nitrogens with one attached hydrogen (secondary N) is 1. The maximum atomic E-state index is 11.9. The van der Waals surface area contributed by atoms with Gasteiger partial charge in [0, 0.05) is 11.6 Å². The summed E-state index contributed by atoms with van der Waals surface area (Å²) in [5, 5.41) is 11.4. The van der Waals surface area contributed by atoms with Crippen LogP contribution in [0.1, 0.15) is 19.3 Å². The summed E-state index contributed by atoms with van der Waals surface area (Å²) in [4.78, 5) is 22.3. The zero-order chi connectivity index (χ0) is 13.5. The van der Waals surface area contributed by atoms with Crippen molar-refractivity contribution in [3.8, 4) is 5.75 Å². The highest BCUT2D eigenvalue weighted by atomic mass is 16.5. The zero-order valence-electron chi connectivity index (χ0n) is 10.4. The average Bonchev–Trinajstić information content (AvgIpc) is 3.29. The lowest BCUT2D eigenvalue weighted by atomic mass is 10.2. The molecular weight excluding hydrogens is 246 g/mol. The van der Waals surface area contributed by atoms with Crippen molar-refractivity contribution in [2.24, 2.45) is 11.3 Å². The van der Waals surface area contributed by atoms with Crippen molar-refractivity contribution in [3.05, 3.63) is 24.3 Å². The Labute approximate surface area is 110 Å². The number of anilines is 1. The number of aliphatic carboxylic acids is 1. The molecule has 2 fully saturated rings. The van der Waals surface area contributed by atoms with Crippen LogP contribution in [0.5, 0.6) is 5.75 Å². The van der Waals surface area contributed by atoms with Gasteiger partial charge in [0.25, 0.3) is 0 Å². The smallest absolute Gasteiger partial charge is 0.341 e. The van der Waals surface area contributed by atoms with Crippen molar-refractivity contribution in [2.75, 3.05) is 11.9 Å². The highest BCUT2D eigenvalue weighted by molar-refractivity contribution is 5.95. The minimum Gasteiger partial charge on any atom is -0.482 e. The lowest BCUT2D eigenvalue weighted by molar-refractivity contribution is -0.139. The number of benzene rings is 1. The van der Waals surface area contributed by atoms with Crippen LogP contribution in [0, 0.1) is 11.3 Å². The molecule has 1 aromatic rings. The maximum Gasteiger partial charge on any atom is 0.341 e. The number of hydrogen-bond donors (Lipinski definition) is 2. The molecule has 100 valence electrons. The highest BCUT2D eigenvalue weighted by Gasteiger charge is 2.65. The molecule has 1 aromatic carbocycles. The van der Waals surface area contributed by atoms with Crippen LogP contribution in [0.25, 0.3) is 0 Å². The number of ether oxygens (including phenoxy) is 1. The van der Waals surface area contributed by atoms with Crippen molar-refractivity contribution in [2.45, 2.75) is 19.3 Å². The number of rotatable bonds is 5. The summed E-state index contributed by atoms with van der Waals surface area (Å²) >= 11 is 0. The molecule has 0 aliphatic heterocycles. The number of hydrogen-bond acceptors (Lipinski definition) is 3. The largest absolute Gasteiger partial charge is 0.482 e. The predicted octanol–water partition coefficient (Wildman–Crippen LogP) is 1.89. The Balaban J connectivity index is 1.54. The van der Waals surface area contributed by atoms with Gasteiger partial charge in [0.2, 0.25) is 5.91 Å². The minimum absolute atomic E-state index is 0.0942. The van der Waals surface area contributed by atoms with E-state index in [9.17, 15) is 9.59 Å². The quantitative estimate of drug-likeness (QED) is 0.848. The van der Waals surface area contributed by atoms with Gasteiger partial charge in [-0.05, 0) is 48.9 Å². The van der Waals surface area contributed by atoms with E-state index in [2.05, 4.69) is 5.32 Å². The van der Waals surface area contributed by atoms with Gasteiger partial charge in [0.05, 0.1) is 0 Å². The molecule has 3 rings (SSSR count). The lowest BCUT2D eigenvalue weighted by Crippen LogP contribution is -2.15. The molecule has 1 atom stereocenters. The molecule has 2 saturated carbocycles. The van der Waals surface area contributed by atoms with Crippen LogP contribution in [0.4, 0.5) is 5.69 Å². The van der Waals surface area contributed by atoms with Crippen LogP contribution < -0.4 is 10.1 Å². The first-order valence-corrected chi connectivity index (χ1v) is 6.35. The summed E-state index contributed by atoms with van der Waals surface area (Å²) in [6, 6.07) is 6.74. The fourth-order valence-electron chi connectivity index (χ4n) is 2.44. The highest BCUT2D eigenvalue weighted by Crippen LogP contribution is 2.70. The van der Waals surface area contributed by atoms with Crippen molar-refractivity contribution in [3.63, 3.8) is 0 Å². The van der Waals surface area contributed by atoms with E-state index in [1.807, 2.05) is 0 Å². The van der Waals surface area contributed by atoms with Gasteiger partial charge in [0.15, 0.2) is 6.61 Å². The van der Waals surface area contributed by atoms with Gasteiger partial charge < -0.3 is 15.2 Å². The number of carboxylic acid groups (broad SMARTS) is 1. The van der Waals surface area contributed by atoms with Crippen LogP contribution in [0.3, 0.4) is 0 Å². The average molecular weight is 261 g/mol. The van der Waals surface area contributed by atoms with E-state index in [0.29, 0.717) is 11.2 Å². The van der Waals surface area contributed by atoms with Gasteiger partial charge in [-0.25, -0.2) is 4.79 Å². The molecule has 2 aliphatic rings. The molecule has 0 radical (unpaired) electrons. The Bertz CT molecular complexity index is 519. The first-order valence-electron chi connectivity index (χ1n) is 6.35. The molecule has 1 spiro atoms. The van der Waals surface area contributed by atoms with Gasteiger partial charge >= 0.3 is 5.97 Å². The molecule has 5 nitrogen and oxygen atoms in total. The normalized spacial score (nSPS) is 21.8. The summed E-state index contributed by atoms with van der Waals surface area (Å²) in [6.07, 6.45) is 3.40. The second kappa shape index (κ2) is 4.26. The molecule has 5 heteroatoms. The molecule has 0 aromatic heterocycles. The Hall–Kier alpha value is -2.04. The van der Waals surface area contributed by atoms with E-state index >= 15 is 0 Å². The Morgan fingerprint density at radius 1 is 1.32 bits per heavy atom. The number of carbonyl (C=O) groups excluding carboxylic acids is 1. The monoisotopic (exact) mass is 261 g/mol. The van der Waals surface area contributed by atoms with Crippen LogP contribution in [-0.2, 0) is 9.59 Å². The van der Waals surface area contributed by atoms with E-state index < -0.39 is 5.97 Å². The third kappa shape index (κ3) is 2.54. The first-order chi connectivity index (χ1) is 9.09. The summed E-state index contributed by atoms with van der Waals surface area (Å²) in [7, 11) is 0. The van der Waals surface area contributed by atoms with Gasteiger partial charge in [-0.15, -0.1) is 0 Å². The fourth-order valence-corrected chi connectivity index (χ4v) is 2.44. The summed E-state index contributed by atoms with van der Waals surface area (Å²) in [5.41, 5.74) is 1.07. The SMILES string of the molecule is O=C(O)COc1ccc(NC(=O)C2CC23CC3)cc1. The Morgan fingerprint density at radius 2 is 2.00 bits per heavy atom. The van der Waals surface area contributed by atoms with E-state index in [4.69, 9.17) is 9.84 Å². The van der Waals surface area contributed by atoms with Crippen molar-refractivity contribution < 1.29 is 19.4 Å². The Kier molecular flexibility index (Phi) is 2.69. The predicted molar refractivity (Wildman–Crippen MR) is 68.0 cm³/mol. The van der Waals surface area contributed by atoms with Gasteiger partial charge in [0.1, 0.15) is 5.75 Å². The van der Waals surface area contributed by atoms with Gasteiger partial charge in [-0.3, -0.25) is 4.79 Å². The zero-order valence-corrected chi connectivity index (χ0v) is 10.4.